The number of hydrogen-bond donors (Lipinski definition) is 5. The summed E-state index contributed by atoms with van der Waals surface area (Å²) in [6.45, 7) is 0. The molecule has 6 heteroatoms. The lowest BCUT2D eigenvalue weighted by atomic mass is 10.1. The molecule has 0 saturated heterocycles. The van der Waals surface area contributed by atoms with Gasteiger partial charge in [-0.15, -0.1) is 0 Å². The molecule has 0 bridgehead atoms. The summed E-state index contributed by atoms with van der Waals surface area (Å²) in [7, 11) is 0. The predicted molar refractivity (Wildman–Crippen MR) is 38.9 cm³/mol. The largest absolute Gasteiger partial charge is 0.390 e. The number of carbonyl (C=O) groups excluding carboxylic acids is 1. The van der Waals surface area contributed by atoms with Crippen LogP contribution in [-0.2, 0) is 4.79 Å². The van der Waals surface area contributed by atoms with Gasteiger partial charge in [-0.2, -0.15) is 0 Å². The van der Waals surface area contributed by atoms with Crippen LogP contribution in [0.2, 0.25) is 0 Å². The highest BCUT2D eigenvalue weighted by molar-refractivity contribution is 5.50. The van der Waals surface area contributed by atoms with Gasteiger partial charge in [-0.3, -0.25) is 0 Å². The van der Waals surface area contributed by atoms with Crippen LogP contribution in [0.15, 0.2) is 0 Å². The Morgan fingerprint density at radius 1 is 1.17 bits per heavy atom. The van der Waals surface area contributed by atoms with Crippen molar-refractivity contribution in [2.75, 3.05) is 0 Å². The van der Waals surface area contributed by atoms with E-state index in [-0.39, 0.29) is 6.42 Å². The molecule has 6 N–H and O–H groups in total. The van der Waals surface area contributed by atoms with E-state index in [2.05, 4.69) is 0 Å². The van der Waals surface area contributed by atoms with E-state index >= 15 is 0 Å². The first-order valence-electron chi connectivity index (χ1n) is 3.42. The topological polar surface area (TPSA) is 124 Å². The molecule has 12 heavy (non-hydrogen) atoms. The fourth-order valence-corrected chi connectivity index (χ4v) is 0.668. The van der Waals surface area contributed by atoms with Crippen LogP contribution in [0.5, 0.6) is 0 Å². The normalized spacial score (nSPS) is 21.1. The Morgan fingerprint density at radius 3 is 2.00 bits per heavy atom. The zero-order chi connectivity index (χ0) is 9.72. The molecule has 1 unspecified atom stereocenters. The van der Waals surface area contributed by atoms with Crippen molar-refractivity contribution in [2.24, 2.45) is 5.73 Å². The molecule has 6 nitrogen and oxygen atoms in total. The summed E-state index contributed by atoms with van der Waals surface area (Å²) in [5, 5.41) is 35.4. The lowest BCUT2D eigenvalue weighted by Crippen LogP contribution is -2.48. The smallest absolute Gasteiger partial charge is 0.131 e. The van der Waals surface area contributed by atoms with Crippen LogP contribution in [0.3, 0.4) is 0 Å². The Hall–Kier alpha value is -0.530. The van der Waals surface area contributed by atoms with Crippen molar-refractivity contribution in [3.63, 3.8) is 0 Å². The van der Waals surface area contributed by atoms with Gasteiger partial charge in [-0.05, 0) is 0 Å². The number of aldehydes is 1. The molecule has 0 aromatic carbocycles. The third-order valence-corrected chi connectivity index (χ3v) is 1.43. The van der Waals surface area contributed by atoms with E-state index in [1.807, 2.05) is 0 Å². The van der Waals surface area contributed by atoms with Crippen molar-refractivity contribution in [3.8, 4) is 0 Å². The van der Waals surface area contributed by atoms with E-state index in [1.54, 1.807) is 0 Å². The van der Waals surface area contributed by atoms with Crippen LogP contribution in [0.4, 0.5) is 0 Å². The monoisotopic (exact) mass is 179 g/mol. The maximum Gasteiger partial charge on any atom is 0.131 e. The molecule has 0 rings (SSSR count). The van der Waals surface area contributed by atoms with Crippen LogP contribution in [0.1, 0.15) is 6.42 Å². The van der Waals surface area contributed by atoms with Gasteiger partial charge >= 0.3 is 0 Å². The van der Waals surface area contributed by atoms with Crippen LogP contribution in [0.25, 0.3) is 0 Å². The summed E-state index contributed by atoms with van der Waals surface area (Å²) in [5.74, 6) is 0. The van der Waals surface area contributed by atoms with Gasteiger partial charge in [0.15, 0.2) is 0 Å². The zero-order valence-electron chi connectivity index (χ0n) is 6.37. The second-order valence-electron chi connectivity index (χ2n) is 2.44. The van der Waals surface area contributed by atoms with Gasteiger partial charge in [0.1, 0.15) is 24.7 Å². The molecular weight excluding hydrogens is 166 g/mol. The molecule has 4 atom stereocenters. The van der Waals surface area contributed by atoms with Crippen molar-refractivity contribution in [2.45, 2.75) is 31.0 Å². The van der Waals surface area contributed by atoms with Crippen LogP contribution < -0.4 is 5.73 Å². The van der Waals surface area contributed by atoms with Crippen molar-refractivity contribution >= 4 is 6.29 Å². The van der Waals surface area contributed by atoms with E-state index in [0.29, 0.717) is 6.29 Å². The number of carbonyl (C=O) groups is 1. The van der Waals surface area contributed by atoms with Gasteiger partial charge in [0.2, 0.25) is 0 Å². The van der Waals surface area contributed by atoms with E-state index in [9.17, 15) is 4.79 Å². The first kappa shape index (κ1) is 11.5. The summed E-state index contributed by atoms with van der Waals surface area (Å²) in [6.07, 6.45) is -6.23. The Bertz CT molecular complexity index is 140. The van der Waals surface area contributed by atoms with Gasteiger partial charge in [0.05, 0.1) is 6.10 Å². The molecule has 0 aliphatic heterocycles. The maximum atomic E-state index is 9.87. The molecule has 0 saturated carbocycles. The average Bonchev–Trinajstić information content (AvgIpc) is 2.02. The Balaban J connectivity index is 3.98. The molecule has 0 radical (unpaired) electrons. The van der Waals surface area contributed by atoms with Crippen LogP contribution in [0, 0.1) is 0 Å². The Labute approximate surface area is 69.2 Å². The number of aliphatic hydroxyl groups excluding tert-OH is 4. The minimum absolute atomic E-state index is 0.315. The first-order valence-corrected chi connectivity index (χ1v) is 3.42. The standard InChI is InChI=1S/C6H13NO5/c7-6(12)5(11)4(10)3(9)1-2-8/h2-6,9-12H,1,7H2/t3-,4+,5+,6?/m1/s1. The van der Waals surface area contributed by atoms with E-state index in [0.717, 1.165) is 0 Å². The highest BCUT2D eigenvalue weighted by Gasteiger charge is 2.27. The molecule has 0 aromatic heterocycles. The van der Waals surface area contributed by atoms with Crippen molar-refractivity contribution in [1.82, 2.24) is 0 Å². The number of hydrogen-bond acceptors (Lipinski definition) is 6. The first-order chi connectivity index (χ1) is 5.50. The minimum Gasteiger partial charge on any atom is -0.390 e. The molecule has 0 spiro atoms. The second-order valence-corrected chi connectivity index (χ2v) is 2.44. The minimum atomic E-state index is -1.65. The number of aliphatic hydroxyl groups is 4. The SMILES string of the molecule is NC(O)[C@@H](O)[C@@H](O)[C@H](O)CC=O. The number of rotatable bonds is 5. The molecule has 0 amide bonds. The summed E-state index contributed by atoms with van der Waals surface area (Å²) in [4.78, 5) is 9.87. The summed E-state index contributed by atoms with van der Waals surface area (Å²) < 4.78 is 0. The van der Waals surface area contributed by atoms with Gasteiger partial charge in [-0.25, -0.2) is 0 Å². The van der Waals surface area contributed by atoms with E-state index in [1.165, 1.54) is 0 Å². The molecule has 0 aliphatic carbocycles. The Kier molecular flexibility index (Phi) is 4.95. The van der Waals surface area contributed by atoms with E-state index < -0.39 is 24.5 Å². The predicted octanol–water partition coefficient (Wildman–Crippen LogP) is -3.06. The van der Waals surface area contributed by atoms with E-state index in [4.69, 9.17) is 26.2 Å². The average molecular weight is 179 g/mol. The van der Waals surface area contributed by atoms with Crippen molar-refractivity contribution in [3.05, 3.63) is 0 Å². The van der Waals surface area contributed by atoms with Gasteiger partial charge in [-0.1, -0.05) is 0 Å². The number of nitrogens with two attached hydrogens (primary N) is 1. The highest BCUT2D eigenvalue weighted by atomic mass is 16.4. The third kappa shape index (κ3) is 3.24. The van der Waals surface area contributed by atoms with Crippen molar-refractivity contribution < 1.29 is 25.2 Å². The van der Waals surface area contributed by atoms with Gasteiger partial charge in [0, 0.05) is 6.42 Å². The molecule has 0 aliphatic rings. The lowest BCUT2D eigenvalue weighted by molar-refractivity contribution is -0.120. The molecule has 72 valence electrons. The molecular formula is C6H13NO5. The van der Waals surface area contributed by atoms with Crippen LogP contribution in [-0.4, -0.2) is 51.3 Å². The molecule has 0 fully saturated rings. The lowest BCUT2D eigenvalue weighted by Gasteiger charge is -2.23. The molecule has 0 heterocycles. The fourth-order valence-electron chi connectivity index (χ4n) is 0.668. The van der Waals surface area contributed by atoms with Gasteiger partial charge < -0.3 is 31.0 Å². The third-order valence-electron chi connectivity index (χ3n) is 1.43. The summed E-state index contributed by atoms with van der Waals surface area (Å²) >= 11 is 0. The van der Waals surface area contributed by atoms with Gasteiger partial charge in [0.25, 0.3) is 0 Å². The zero-order valence-corrected chi connectivity index (χ0v) is 6.37. The van der Waals surface area contributed by atoms with Crippen molar-refractivity contribution in [1.29, 1.82) is 0 Å². The summed E-state index contributed by atoms with van der Waals surface area (Å²) in [5.41, 5.74) is 4.82. The maximum absolute atomic E-state index is 9.87. The summed E-state index contributed by atoms with van der Waals surface area (Å²) in [6, 6.07) is 0. The molecule has 0 aromatic rings. The second kappa shape index (κ2) is 5.18. The van der Waals surface area contributed by atoms with Crippen LogP contribution >= 0.6 is 0 Å². The fraction of sp³-hybridized carbons (Fsp3) is 0.833. The quantitative estimate of drug-likeness (QED) is 0.225. The Morgan fingerprint density at radius 2 is 1.67 bits per heavy atom. The highest BCUT2D eigenvalue weighted by Crippen LogP contribution is 2.04.